The summed E-state index contributed by atoms with van der Waals surface area (Å²) >= 11 is 0. The van der Waals surface area contributed by atoms with Crippen molar-refractivity contribution in [3.05, 3.63) is 34.9 Å². The maximum absolute atomic E-state index is 12.6. The zero-order valence-electron chi connectivity index (χ0n) is 12.9. The van der Waals surface area contributed by atoms with Gasteiger partial charge in [0, 0.05) is 18.7 Å². The molecule has 1 aliphatic heterocycles. The lowest BCUT2D eigenvalue weighted by molar-refractivity contribution is 0.0726. The van der Waals surface area contributed by atoms with E-state index < -0.39 is 0 Å². The maximum Gasteiger partial charge on any atom is 0.253 e. The van der Waals surface area contributed by atoms with E-state index in [0.717, 1.165) is 31.7 Å². The minimum Gasteiger partial charge on any atom is -0.339 e. The molecule has 0 unspecified atom stereocenters. The van der Waals surface area contributed by atoms with Crippen molar-refractivity contribution in [3.63, 3.8) is 0 Å². The molecule has 1 aromatic rings. The summed E-state index contributed by atoms with van der Waals surface area (Å²) < 4.78 is 0. The third-order valence-electron chi connectivity index (χ3n) is 4.36. The van der Waals surface area contributed by atoms with Crippen LogP contribution in [0.1, 0.15) is 41.3 Å². The van der Waals surface area contributed by atoms with Gasteiger partial charge in [-0.15, -0.1) is 0 Å². The molecule has 20 heavy (non-hydrogen) atoms. The van der Waals surface area contributed by atoms with Crippen LogP contribution in [-0.4, -0.2) is 37.0 Å². The molecule has 1 aromatic carbocycles. The van der Waals surface area contributed by atoms with Crippen LogP contribution >= 0.6 is 0 Å². The summed E-state index contributed by atoms with van der Waals surface area (Å²) in [5.74, 6) is 0.820. The average Bonchev–Trinajstić information content (AvgIpc) is 2.48. The van der Waals surface area contributed by atoms with E-state index in [9.17, 15) is 4.79 Å². The highest BCUT2D eigenvalue weighted by Gasteiger charge is 2.20. The first-order chi connectivity index (χ1) is 9.61. The average molecular weight is 274 g/mol. The monoisotopic (exact) mass is 274 g/mol. The number of piperidine rings is 1. The minimum atomic E-state index is 0.175. The molecule has 1 heterocycles. The quantitative estimate of drug-likeness (QED) is 0.915. The molecule has 0 spiro atoms. The van der Waals surface area contributed by atoms with Crippen LogP contribution in [0.3, 0.4) is 0 Å². The van der Waals surface area contributed by atoms with E-state index in [2.05, 4.69) is 26.1 Å². The first-order valence-corrected chi connectivity index (χ1v) is 7.69. The summed E-state index contributed by atoms with van der Waals surface area (Å²) in [6.45, 7) is 10.1. The standard InChI is InChI=1S/C17H26N2O/c1-4-19(12-15-7-9-18-10-8-15)17(20)16-6-5-13(2)14(3)11-16/h5-6,11,15,18H,4,7-10,12H2,1-3H3. The molecular weight excluding hydrogens is 248 g/mol. The van der Waals surface area contributed by atoms with Gasteiger partial charge in [-0.05, 0) is 75.9 Å². The van der Waals surface area contributed by atoms with Crippen LogP contribution in [0, 0.1) is 19.8 Å². The molecule has 0 bridgehead atoms. The van der Waals surface area contributed by atoms with Crippen molar-refractivity contribution < 1.29 is 4.79 Å². The Bertz CT molecular complexity index is 464. The van der Waals surface area contributed by atoms with Crippen LogP contribution in [-0.2, 0) is 0 Å². The Hall–Kier alpha value is -1.35. The highest BCUT2D eigenvalue weighted by atomic mass is 16.2. The Morgan fingerprint density at radius 3 is 2.55 bits per heavy atom. The number of nitrogens with zero attached hydrogens (tertiary/aromatic N) is 1. The van der Waals surface area contributed by atoms with Gasteiger partial charge < -0.3 is 10.2 Å². The molecule has 1 aliphatic rings. The van der Waals surface area contributed by atoms with Crippen LogP contribution in [0.4, 0.5) is 0 Å². The summed E-state index contributed by atoms with van der Waals surface area (Å²) in [4.78, 5) is 14.6. The fourth-order valence-corrected chi connectivity index (χ4v) is 2.79. The number of rotatable bonds is 4. The van der Waals surface area contributed by atoms with Gasteiger partial charge in [0.25, 0.3) is 5.91 Å². The number of hydrogen-bond acceptors (Lipinski definition) is 2. The van der Waals surface area contributed by atoms with Gasteiger partial charge in [0.2, 0.25) is 0 Å². The molecule has 1 saturated heterocycles. The SMILES string of the molecule is CCN(CC1CCNCC1)C(=O)c1ccc(C)c(C)c1. The second-order valence-corrected chi connectivity index (χ2v) is 5.84. The predicted octanol–water partition coefficient (Wildman–Crippen LogP) is 2.77. The maximum atomic E-state index is 12.6. The molecule has 110 valence electrons. The molecule has 0 aromatic heterocycles. The number of carbonyl (C=O) groups excluding carboxylic acids is 1. The van der Waals surface area contributed by atoms with E-state index in [1.54, 1.807) is 0 Å². The third-order valence-corrected chi connectivity index (χ3v) is 4.36. The van der Waals surface area contributed by atoms with Gasteiger partial charge in [0.1, 0.15) is 0 Å². The molecule has 1 N–H and O–H groups in total. The van der Waals surface area contributed by atoms with E-state index in [0.29, 0.717) is 5.92 Å². The first-order valence-electron chi connectivity index (χ1n) is 7.69. The fraction of sp³-hybridized carbons (Fsp3) is 0.588. The predicted molar refractivity (Wildman–Crippen MR) is 83.1 cm³/mol. The number of benzene rings is 1. The normalized spacial score (nSPS) is 16.1. The summed E-state index contributed by atoms with van der Waals surface area (Å²) in [7, 11) is 0. The molecule has 0 aliphatic carbocycles. The van der Waals surface area contributed by atoms with Gasteiger partial charge >= 0.3 is 0 Å². The van der Waals surface area contributed by atoms with Crippen molar-refractivity contribution >= 4 is 5.91 Å². The number of carbonyl (C=O) groups is 1. The summed E-state index contributed by atoms with van der Waals surface area (Å²) in [5.41, 5.74) is 3.25. The fourth-order valence-electron chi connectivity index (χ4n) is 2.79. The van der Waals surface area contributed by atoms with Gasteiger partial charge in [-0.2, -0.15) is 0 Å². The number of amides is 1. The topological polar surface area (TPSA) is 32.3 Å². The second kappa shape index (κ2) is 6.89. The second-order valence-electron chi connectivity index (χ2n) is 5.84. The Balaban J connectivity index is 2.05. The Labute approximate surface area is 122 Å². The Morgan fingerprint density at radius 1 is 1.25 bits per heavy atom. The molecule has 2 rings (SSSR count). The lowest BCUT2D eigenvalue weighted by Gasteiger charge is -2.29. The lowest BCUT2D eigenvalue weighted by atomic mass is 9.97. The lowest BCUT2D eigenvalue weighted by Crippen LogP contribution is -2.39. The van der Waals surface area contributed by atoms with Crippen LogP contribution in [0.5, 0.6) is 0 Å². The first kappa shape index (κ1) is 15.0. The molecule has 1 amide bonds. The van der Waals surface area contributed by atoms with Crippen molar-refractivity contribution in [1.82, 2.24) is 10.2 Å². The van der Waals surface area contributed by atoms with Crippen molar-refractivity contribution in [1.29, 1.82) is 0 Å². The molecule has 0 radical (unpaired) electrons. The van der Waals surface area contributed by atoms with Gasteiger partial charge in [-0.3, -0.25) is 4.79 Å². The van der Waals surface area contributed by atoms with E-state index >= 15 is 0 Å². The van der Waals surface area contributed by atoms with E-state index in [-0.39, 0.29) is 5.91 Å². The van der Waals surface area contributed by atoms with Gasteiger partial charge in [-0.25, -0.2) is 0 Å². The van der Waals surface area contributed by atoms with E-state index in [4.69, 9.17) is 0 Å². The van der Waals surface area contributed by atoms with Crippen molar-refractivity contribution in [2.75, 3.05) is 26.2 Å². The van der Waals surface area contributed by atoms with Crippen LogP contribution < -0.4 is 5.32 Å². The smallest absolute Gasteiger partial charge is 0.253 e. The van der Waals surface area contributed by atoms with Crippen molar-refractivity contribution in [3.8, 4) is 0 Å². The van der Waals surface area contributed by atoms with Crippen LogP contribution in [0.2, 0.25) is 0 Å². The van der Waals surface area contributed by atoms with E-state index in [1.807, 2.05) is 23.1 Å². The minimum absolute atomic E-state index is 0.175. The van der Waals surface area contributed by atoms with Crippen LogP contribution in [0.25, 0.3) is 0 Å². The van der Waals surface area contributed by atoms with Gasteiger partial charge in [-0.1, -0.05) is 6.07 Å². The molecule has 1 fully saturated rings. The largest absolute Gasteiger partial charge is 0.339 e. The highest BCUT2D eigenvalue weighted by molar-refractivity contribution is 5.94. The zero-order chi connectivity index (χ0) is 14.5. The van der Waals surface area contributed by atoms with Gasteiger partial charge in [0.05, 0.1) is 0 Å². The molecule has 3 nitrogen and oxygen atoms in total. The summed E-state index contributed by atoms with van der Waals surface area (Å²) in [6, 6.07) is 6.01. The zero-order valence-corrected chi connectivity index (χ0v) is 12.9. The summed E-state index contributed by atoms with van der Waals surface area (Å²) in [6.07, 6.45) is 2.35. The van der Waals surface area contributed by atoms with E-state index in [1.165, 1.54) is 24.0 Å². The Morgan fingerprint density at radius 2 is 1.95 bits per heavy atom. The number of hydrogen-bond donors (Lipinski definition) is 1. The molecule has 0 saturated carbocycles. The van der Waals surface area contributed by atoms with Crippen molar-refractivity contribution in [2.24, 2.45) is 5.92 Å². The Kier molecular flexibility index (Phi) is 5.18. The van der Waals surface area contributed by atoms with Crippen LogP contribution in [0.15, 0.2) is 18.2 Å². The highest BCUT2D eigenvalue weighted by Crippen LogP contribution is 2.17. The molecular formula is C17H26N2O. The molecule has 0 atom stereocenters. The number of aryl methyl sites for hydroxylation is 2. The van der Waals surface area contributed by atoms with Gasteiger partial charge in [0.15, 0.2) is 0 Å². The van der Waals surface area contributed by atoms with Crippen molar-refractivity contribution in [2.45, 2.75) is 33.6 Å². The number of nitrogens with one attached hydrogen (secondary N) is 1. The molecule has 3 heteroatoms. The third kappa shape index (κ3) is 3.60. The summed E-state index contributed by atoms with van der Waals surface area (Å²) in [5, 5.41) is 3.38.